The third-order valence-corrected chi connectivity index (χ3v) is 4.93. The lowest BCUT2D eigenvalue weighted by atomic mass is 9.97. The fourth-order valence-electron chi connectivity index (χ4n) is 3.38. The van der Waals surface area contributed by atoms with E-state index in [1.807, 2.05) is 0 Å². The summed E-state index contributed by atoms with van der Waals surface area (Å²) in [5.41, 5.74) is 2.62. The summed E-state index contributed by atoms with van der Waals surface area (Å²) in [6.07, 6.45) is -3.59. The number of benzene rings is 2. The average molecular weight is 466 g/mol. The molecule has 4 N–H and O–H groups in total. The van der Waals surface area contributed by atoms with E-state index < -0.39 is 30.0 Å². The molecule has 1 aliphatic heterocycles. The Balaban J connectivity index is 1.54. The zero-order valence-electron chi connectivity index (χ0n) is 17.2. The second-order valence-electron chi connectivity index (χ2n) is 7.30. The average Bonchev–Trinajstić information content (AvgIpc) is 2.79. The first-order valence-corrected chi connectivity index (χ1v) is 9.92. The molecule has 0 aromatic heterocycles. The number of halogens is 3. The quantitative estimate of drug-likeness (QED) is 0.397. The summed E-state index contributed by atoms with van der Waals surface area (Å²) in [7, 11) is 0. The van der Waals surface area contributed by atoms with Crippen LogP contribution in [0.3, 0.4) is 0 Å². The van der Waals surface area contributed by atoms with Gasteiger partial charge in [0.15, 0.2) is 0 Å². The smallest absolute Gasteiger partial charge is 0.406 e. The Morgan fingerprint density at radius 3 is 2.09 bits per heavy atom. The summed E-state index contributed by atoms with van der Waals surface area (Å²) in [4.78, 5) is 38.0. The molecule has 3 rings (SSSR count). The van der Waals surface area contributed by atoms with Gasteiger partial charge in [0.1, 0.15) is 5.75 Å². The largest absolute Gasteiger partial charge is 0.573 e. The number of alkyl halides is 3. The lowest BCUT2D eigenvalue weighted by Gasteiger charge is -2.31. The van der Waals surface area contributed by atoms with Crippen LogP contribution in [0.1, 0.15) is 23.2 Å². The number of carbonyl (C=O) groups excluding carboxylic acids is 3. The van der Waals surface area contributed by atoms with Gasteiger partial charge in [0.05, 0.1) is 5.92 Å². The molecule has 1 saturated heterocycles. The molecular weight excluding hydrogens is 445 g/mol. The molecule has 33 heavy (non-hydrogen) atoms. The standard InChI is InChI=1S/C21H21F3N4O5/c22-21(23,24)33-17-9-7-16(8-10-17)26-20(31)25-15-5-3-13(4-6-15)19(30)28-11-1-2-14(12-28)18(29)27-32/h3-10,14,32H,1-2,11-12H2,(H,27,29)(H2,25,26,31)/t14-/m0/s1. The lowest BCUT2D eigenvalue weighted by Crippen LogP contribution is -2.44. The number of hydrogen-bond acceptors (Lipinski definition) is 5. The molecule has 1 fully saturated rings. The number of piperidine rings is 1. The molecule has 0 bridgehead atoms. The van der Waals surface area contributed by atoms with Gasteiger partial charge in [-0.2, -0.15) is 0 Å². The molecule has 2 aromatic carbocycles. The summed E-state index contributed by atoms with van der Waals surface area (Å²) >= 11 is 0. The fourth-order valence-corrected chi connectivity index (χ4v) is 3.38. The molecule has 0 aliphatic carbocycles. The minimum atomic E-state index is -4.80. The Kier molecular flexibility index (Phi) is 7.38. The van der Waals surface area contributed by atoms with Gasteiger partial charge in [-0.3, -0.25) is 14.8 Å². The van der Waals surface area contributed by atoms with E-state index in [0.717, 1.165) is 12.1 Å². The van der Waals surface area contributed by atoms with Gasteiger partial charge in [-0.25, -0.2) is 10.3 Å². The first-order chi connectivity index (χ1) is 15.6. The van der Waals surface area contributed by atoms with Crippen molar-refractivity contribution < 1.29 is 37.5 Å². The van der Waals surface area contributed by atoms with Gasteiger partial charge in [-0.1, -0.05) is 0 Å². The third-order valence-electron chi connectivity index (χ3n) is 4.93. The molecular formula is C21H21F3N4O5. The van der Waals surface area contributed by atoms with Gasteiger partial charge in [-0.15, -0.1) is 13.2 Å². The number of urea groups is 1. The molecule has 0 saturated carbocycles. The number of hydrogen-bond donors (Lipinski definition) is 4. The molecule has 9 nitrogen and oxygen atoms in total. The minimum absolute atomic E-state index is 0.195. The Labute approximate surface area is 186 Å². The second-order valence-corrected chi connectivity index (χ2v) is 7.30. The maximum Gasteiger partial charge on any atom is 0.573 e. The van der Waals surface area contributed by atoms with Crippen LogP contribution in [0.25, 0.3) is 0 Å². The summed E-state index contributed by atoms with van der Waals surface area (Å²) < 4.78 is 40.3. The van der Waals surface area contributed by atoms with Gasteiger partial charge < -0.3 is 20.3 Å². The van der Waals surface area contributed by atoms with Crippen molar-refractivity contribution in [2.75, 3.05) is 23.7 Å². The van der Waals surface area contributed by atoms with Crippen molar-refractivity contribution in [1.82, 2.24) is 10.4 Å². The van der Waals surface area contributed by atoms with E-state index >= 15 is 0 Å². The molecule has 176 valence electrons. The van der Waals surface area contributed by atoms with E-state index in [-0.39, 0.29) is 18.1 Å². The molecule has 1 heterocycles. The maximum absolute atomic E-state index is 12.7. The van der Waals surface area contributed by atoms with E-state index in [9.17, 15) is 27.6 Å². The number of carbonyl (C=O) groups is 3. The van der Waals surface area contributed by atoms with E-state index in [1.54, 1.807) is 5.48 Å². The summed E-state index contributed by atoms with van der Waals surface area (Å²) in [5, 5.41) is 13.8. The Morgan fingerprint density at radius 1 is 0.970 bits per heavy atom. The monoisotopic (exact) mass is 466 g/mol. The van der Waals surface area contributed by atoms with Crippen molar-refractivity contribution >= 4 is 29.2 Å². The first-order valence-electron chi connectivity index (χ1n) is 9.92. The van der Waals surface area contributed by atoms with Crippen molar-refractivity contribution in [3.05, 3.63) is 54.1 Å². The Morgan fingerprint density at radius 2 is 1.55 bits per heavy atom. The fraction of sp³-hybridized carbons (Fsp3) is 0.286. The molecule has 2 aromatic rings. The van der Waals surface area contributed by atoms with Crippen LogP contribution in [0.2, 0.25) is 0 Å². The van der Waals surface area contributed by atoms with Crippen LogP contribution < -0.4 is 20.9 Å². The van der Waals surface area contributed by atoms with Crippen molar-refractivity contribution in [3.8, 4) is 5.75 Å². The molecule has 1 atom stereocenters. The molecule has 0 radical (unpaired) electrons. The van der Waals surface area contributed by atoms with Crippen LogP contribution in [0.4, 0.5) is 29.3 Å². The highest BCUT2D eigenvalue weighted by atomic mass is 19.4. The normalized spacial score (nSPS) is 16.0. The first kappa shape index (κ1) is 23.9. The van der Waals surface area contributed by atoms with Gasteiger partial charge in [0.2, 0.25) is 5.91 Å². The van der Waals surface area contributed by atoms with Gasteiger partial charge in [0.25, 0.3) is 5.91 Å². The highest BCUT2D eigenvalue weighted by Crippen LogP contribution is 2.24. The van der Waals surface area contributed by atoms with Gasteiger partial charge >= 0.3 is 12.4 Å². The minimum Gasteiger partial charge on any atom is -0.406 e. The molecule has 12 heteroatoms. The number of amides is 4. The summed E-state index contributed by atoms with van der Waals surface area (Å²) in [5.74, 6) is -1.69. The molecule has 1 aliphatic rings. The lowest BCUT2D eigenvalue weighted by molar-refractivity contribution is -0.274. The maximum atomic E-state index is 12.7. The number of hydroxylamine groups is 1. The second kappa shape index (κ2) is 10.2. The predicted octanol–water partition coefficient (Wildman–Crippen LogP) is 3.59. The van der Waals surface area contributed by atoms with E-state index in [4.69, 9.17) is 5.21 Å². The molecule has 4 amide bonds. The van der Waals surface area contributed by atoms with Gasteiger partial charge in [0, 0.05) is 30.0 Å². The number of ether oxygens (including phenoxy) is 1. The van der Waals surface area contributed by atoms with E-state index in [1.165, 1.54) is 41.3 Å². The van der Waals surface area contributed by atoms with E-state index in [0.29, 0.717) is 30.6 Å². The van der Waals surface area contributed by atoms with Crippen LogP contribution in [0.15, 0.2) is 48.5 Å². The van der Waals surface area contributed by atoms with Crippen LogP contribution in [0, 0.1) is 5.92 Å². The van der Waals surface area contributed by atoms with Crippen molar-refractivity contribution in [1.29, 1.82) is 0 Å². The van der Waals surface area contributed by atoms with Gasteiger partial charge in [-0.05, 0) is 61.4 Å². The highest BCUT2D eigenvalue weighted by molar-refractivity contribution is 6.00. The van der Waals surface area contributed by atoms with E-state index in [2.05, 4.69) is 15.4 Å². The van der Waals surface area contributed by atoms with Crippen LogP contribution in [0.5, 0.6) is 5.75 Å². The number of nitrogens with zero attached hydrogens (tertiary/aromatic N) is 1. The summed E-state index contributed by atoms with van der Waals surface area (Å²) in [6, 6.07) is 10.1. The number of nitrogens with one attached hydrogen (secondary N) is 3. The number of anilines is 2. The SMILES string of the molecule is O=C(Nc1ccc(OC(F)(F)F)cc1)Nc1ccc(C(=O)N2CCC[C@H](C(=O)NO)C2)cc1. The topological polar surface area (TPSA) is 120 Å². The van der Waals surface area contributed by atoms with Crippen LogP contribution in [-0.4, -0.2) is 47.4 Å². The van der Waals surface area contributed by atoms with Crippen molar-refractivity contribution in [2.45, 2.75) is 19.2 Å². The number of rotatable bonds is 5. The zero-order chi connectivity index (χ0) is 24.0. The molecule has 0 spiro atoms. The van der Waals surface area contributed by atoms with Crippen molar-refractivity contribution in [2.24, 2.45) is 5.92 Å². The Bertz CT molecular complexity index is 996. The van der Waals surface area contributed by atoms with Crippen LogP contribution in [-0.2, 0) is 4.79 Å². The molecule has 0 unspecified atom stereocenters. The Hall–Kier alpha value is -3.80. The van der Waals surface area contributed by atoms with Crippen molar-refractivity contribution in [3.63, 3.8) is 0 Å². The van der Waals surface area contributed by atoms with Crippen LogP contribution >= 0.6 is 0 Å². The highest BCUT2D eigenvalue weighted by Gasteiger charge is 2.31. The third kappa shape index (κ3) is 6.84. The zero-order valence-corrected chi connectivity index (χ0v) is 17.2. The summed E-state index contributed by atoms with van der Waals surface area (Å²) in [6.45, 7) is 0.684. The number of likely N-dealkylation sites (tertiary alicyclic amines) is 1. The predicted molar refractivity (Wildman–Crippen MR) is 111 cm³/mol.